The van der Waals surface area contributed by atoms with Gasteiger partial charge in [0, 0.05) is 22.2 Å². The number of aliphatic carboxylic acids is 1. The molecule has 2 amide bonds. The Kier molecular flexibility index (Phi) is 7.55. The zero-order valence-corrected chi connectivity index (χ0v) is 21.7. The van der Waals surface area contributed by atoms with Crippen molar-refractivity contribution in [3.63, 3.8) is 0 Å². The fourth-order valence-electron chi connectivity index (χ4n) is 4.91. The van der Waals surface area contributed by atoms with E-state index in [0.717, 1.165) is 22.3 Å². The van der Waals surface area contributed by atoms with Crippen LogP contribution in [-0.2, 0) is 11.2 Å². The first-order valence-corrected chi connectivity index (χ1v) is 12.5. The number of carboxylic acid groups (broad SMARTS) is 1. The van der Waals surface area contributed by atoms with Crippen LogP contribution < -0.4 is 15.4 Å². The monoisotopic (exact) mass is 520 g/mol. The van der Waals surface area contributed by atoms with Crippen LogP contribution in [-0.4, -0.2) is 30.0 Å². The minimum absolute atomic E-state index is 0.105. The van der Waals surface area contributed by atoms with Crippen molar-refractivity contribution < 1.29 is 24.2 Å². The number of carboxylic acids is 1. The second-order valence-electron chi connectivity index (χ2n) is 9.38. The standard InChI is InChI=1S/C29H29ClN2O5/c1-4-29(16-26(33)34)12-11-19-14-18(6-8-22(19)27(29)35)21-9-7-20(15-23(21)30)31-28(36)32-24-13-17(2)5-10-25(24)37-3/h5-10,13-15H,4,11-12,16H2,1-3H3,(H,33,34)(H2,31,32,36). The lowest BCUT2D eigenvalue weighted by atomic mass is 9.67. The number of anilines is 2. The van der Waals surface area contributed by atoms with Crippen LogP contribution in [0.3, 0.4) is 0 Å². The largest absolute Gasteiger partial charge is 0.495 e. The molecule has 3 N–H and O–H groups in total. The second kappa shape index (κ2) is 10.6. The number of fused-ring (bicyclic) bond motifs is 1. The molecule has 1 atom stereocenters. The minimum atomic E-state index is -0.956. The lowest BCUT2D eigenvalue weighted by Gasteiger charge is -2.35. The number of aryl methyl sites for hydroxylation is 2. The average Bonchev–Trinajstić information content (AvgIpc) is 2.85. The summed E-state index contributed by atoms with van der Waals surface area (Å²) in [5, 5.41) is 15.4. The van der Waals surface area contributed by atoms with Gasteiger partial charge in [-0.15, -0.1) is 0 Å². The molecule has 37 heavy (non-hydrogen) atoms. The van der Waals surface area contributed by atoms with Crippen LogP contribution in [0.2, 0.25) is 5.02 Å². The molecule has 1 aliphatic rings. The topological polar surface area (TPSA) is 105 Å². The summed E-state index contributed by atoms with van der Waals surface area (Å²) in [6.07, 6.45) is 1.45. The van der Waals surface area contributed by atoms with Crippen molar-refractivity contribution in [2.75, 3.05) is 17.7 Å². The molecule has 0 aromatic heterocycles. The Morgan fingerprint density at radius 3 is 2.49 bits per heavy atom. The van der Waals surface area contributed by atoms with Gasteiger partial charge >= 0.3 is 12.0 Å². The van der Waals surface area contributed by atoms with E-state index in [1.165, 1.54) is 0 Å². The molecular formula is C29H29ClN2O5. The highest BCUT2D eigenvalue weighted by atomic mass is 35.5. The molecule has 1 unspecified atom stereocenters. The van der Waals surface area contributed by atoms with Crippen LogP contribution >= 0.6 is 11.6 Å². The lowest BCUT2D eigenvalue weighted by molar-refractivity contribution is -0.139. The molecule has 0 saturated heterocycles. The third-order valence-electron chi connectivity index (χ3n) is 7.01. The molecule has 0 fully saturated rings. The third kappa shape index (κ3) is 5.47. The SMILES string of the molecule is CCC1(CC(=O)O)CCc2cc(-c3ccc(NC(=O)Nc4cc(C)ccc4OC)cc3Cl)ccc2C1=O. The molecule has 0 bridgehead atoms. The number of amides is 2. The van der Waals surface area contributed by atoms with Gasteiger partial charge in [0.05, 0.1) is 24.2 Å². The summed E-state index contributed by atoms with van der Waals surface area (Å²) in [6, 6.07) is 15.9. The number of hydrogen-bond donors (Lipinski definition) is 3. The summed E-state index contributed by atoms with van der Waals surface area (Å²) in [6.45, 7) is 3.79. The quantitative estimate of drug-likeness (QED) is 0.312. The number of carbonyl (C=O) groups is 3. The number of ether oxygens (including phenoxy) is 1. The summed E-state index contributed by atoms with van der Waals surface area (Å²) in [5.74, 6) is -0.506. The van der Waals surface area contributed by atoms with E-state index in [0.29, 0.717) is 47.0 Å². The summed E-state index contributed by atoms with van der Waals surface area (Å²) >= 11 is 6.59. The third-order valence-corrected chi connectivity index (χ3v) is 7.32. The number of urea groups is 1. The Labute approximate surface area is 220 Å². The van der Waals surface area contributed by atoms with E-state index >= 15 is 0 Å². The Morgan fingerprint density at radius 1 is 1.05 bits per heavy atom. The summed E-state index contributed by atoms with van der Waals surface area (Å²) < 4.78 is 5.31. The Balaban J connectivity index is 1.52. The van der Waals surface area contributed by atoms with Gasteiger partial charge in [0.2, 0.25) is 0 Å². The number of halogens is 1. The van der Waals surface area contributed by atoms with Gasteiger partial charge in [-0.25, -0.2) is 4.79 Å². The summed E-state index contributed by atoms with van der Waals surface area (Å²) in [5.41, 5.74) is 4.29. The van der Waals surface area contributed by atoms with Crippen molar-refractivity contribution >= 4 is 40.8 Å². The van der Waals surface area contributed by atoms with Gasteiger partial charge in [-0.2, -0.15) is 0 Å². The first-order valence-electron chi connectivity index (χ1n) is 12.1. The summed E-state index contributed by atoms with van der Waals surface area (Å²) in [7, 11) is 1.54. The molecule has 0 spiro atoms. The number of ketones is 1. The molecule has 7 nitrogen and oxygen atoms in total. The molecule has 3 aromatic rings. The van der Waals surface area contributed by atoms with Crippen LogP contribution in [0.5, 0.6) is 5.75 Å². The maximum Gasteiger partial charge on any atom is 0.323 e. The Hall–Kier alpha value is -3.84. The van der Waals surface area contributed by atoms with Gasteiger partial charge < -0.3 is 20.5 Å². The number of methoxy groups -OCH3 is 1. The number of hydrogen-bond acceptors (Lipinski definition) is 4. The lowest BCUT2D eigenvalue weighted by Crippen LogP contribution is -2.37. The smallest absolute Gasteiger partial charge is 0.323 e. The molecule has 192 valence electrons. The average molecular weight is 521 g/mol. The highest BCUT2D eigenvalue weighted by molar-refractivity contribution is 6.33. The fourth-order valence-corrected chi connectivity index (χ4v) is 5.20. The van der Waals surface area contributed by atoms with E-state index in [-0.39, 0.29) is 12.2 Å². The van der Waals surface area contributed by atoms with Crippen molar-refractivity contribution in [3.8, 4) is 16.9 Å². The normalized spacial score (nSPS) is 16.6. The van der Waals surface area contributed by atoms with Gasteiger partial charge in [-0.3, -0.25) is 9.59 Å². The molecule has 0 saturated carbocycles. The van der Waals surface area contributed by atoms with Crippen molar-refractivity contribution in [1.82, 2.24) is 0 Å². The molecule has 8 heteroatoms. The van der Waals surface area contributed by atoms with Gasteiger partial charge in [0.25, 0.3) is 0 Å². The van der Waals surface area contributed by atoms with E-state index in [9.17, 15) is 19.5 Å². The highest BCUT2D eigenvalue weighted by Crippen LogP contribution is 2.42. The molecular weight excluding hydrogens is 492 g/mol. The van der Waals surface area contributed by atoms with Crippen LogP contribution in [0, 0.1) is 12.3 Å². The number of Topliss-reactive ketones (excluding diaryl/α,β-unsaturated/α-hetero) is 1. The van der Waals surface area contributed by atoms with Crippen molar-refractivity contribution in [1.29, 1.82) is 0 Å². The number of benzene rings is 3. The van der Waals surface area contributed by atoms with E-state index in [1.54, 1.807) is 31.4 Å². The van der Waals surface area contributed by atoms with Crippen molar-refractivity contribution in [3.05, 3.63) is 76.3 Å². The predicted octanol–water partition coefficient (Wildman–Crippen LogP) is 6.97. The Bertz CT molecular complexity index is 1390. The number of rotatable bonds is 7. The maximum absolute atomic E-state index is 13.2. The fraction of sp³-hybridized carbons (Fsp3) is 0.276. The van der Waals surface area contributed by atoms with Gasteiger partial charge in [-0.05, 0) is 67.1 Å². The van der Waals surface area contributed by atoms with E-state index in [4.69, 9.17) is 16.3 Å². The van der Waals surface area contributed by atoms with Crippen LogP contribution in [0.1, 0.15) is 47.7 Å². The molecule has 0 aliphatic heterocycles. The first-order chi connectivity index (χ1) is 17.7. The number of nitrogens with one attached hydrogen (secondary N) is 2. The van der Waals surface area contributed by atoms with E-state index < -0.39 is 17.4 Å². The molecule has 4 rings (SSSR count). The van der Waals surface area contributed by atoms with Gasteiger partial charge in [0.1, 0.15) is 5.75 Å². The highest BCUT2D eigenvalue weighted by Gasteiger charge is 2.42. The first kappa shape index (κ1) is 26.2. The van der Waals surface area contributed by atoms with Crippen molar-refractivity contribution in [2.45, 2.75) is 39.5 Å². The Morgan fingerprint density at radius 2 is 1.81 bits per heavy atom. The zero-order chi connectivity index (χ0) is 26.7. The van der Waals surface area contributed by atoms with Crippen LogP contribution in [0.4, 0.5) is 16.2 Å². The minimum Gasteiger partial charge on any atom is -0.495 e. The molecule has 1 aliphatic carbocycles. The van der Waals surface area contributed by atoms with Gasteiger partial charge in [0.15, 0.2) is 5.78 Å². The molecule has 0 heterocycles. The molecule has 0 radical (unpaired) electrons. The van der Waals surface area contributed by atoms with Crippen LogP contribution in [0.15, 0.2) is 54.6 Å². The van der Waals surface area contributed by atoms with Crippen LogP contribution in [0.25, 0.3) is 11.1 Å². The number of carbonyl (C=O) groups excluding carboxylic acids is 2. The molecule has 3 aromatic carbocycles. The second-order valence-corrected chi connectivity index (χ2v) is 9.79. The maximum atomic E-state index is 13.2. The summed E-state index contributed by atoms with van der Waals surface area (Å²) in [4.78, 5) is 37.2. The van der Waals surface area contributed by atoms with Gasteiger partial charge in [-0.1, -0.05) is 48.9 Å². The predicted molar refractivity (Wildman–Crippen MR) is 145 cm³/mol. The van der Waals surface area contributed by atoms with Crippen molar-refractivity contribution in [2.24, 2.45) is 5.41 Å². The van der Waals surface area contributed by atoms with E-state index in [2.05, 4.69) is 10.6 Å². The zero-order valence-electron chi connectivity index (χ0n) is 21.0. The van der Waals surface area contributed by atoms with E-state index in [1.807, 2.05) is 44.2 Å².